The van der Waals surface area contributed by atoms with Crippen molar-refractivity contribution in [2.24, 2.45) is 0 Å². The van der Waals surface area contributed by atoms with Crippen LogP contribution in [-0.4, -0.2) is 28.7 Å². The van der Waals surface area contributed by atoms with E-state index in [4.69, 9.17) is 0 Å². The van der Waals surface area contributed by atoms with Gasteiger partial charge in [0.05, 0.1) is 17.3 Å². The van der Waals surface area contributed by atoms with Gasteiger partial charge >= 0.3 is 0 Å². The molecule has 1 atom stereocenters. The van der Waals surface area contributed by atoms with Crippen molar-refractivity contribution < 1.29 is 0 Å². The summed E-state index contributed by atoms with van der Waals surface area (Å²) in [6.45, 7) is 1.78. The van der Waals surface area contributed by atoms with Crippen molar-refractivity contribution in [3.05, 3.63) is 95.2 Å². The summed E-state index contributed by atoms with van der Waals surface area (Å²) in [6, 6.07) is 25.3. The quantitative estimate of drug-likeness (QED) is 0.507. The zero-order valence-corrected chi connectivity index (χ0v) is 16.2. The predicted molar refractivity (Wildman–Crippen MR) is 114 cm³/mol. The molecule has 4 aromatic rings. The maximum Gasteiger partial charge on any atom is 0.0994 e. The Labute approximate surface area is 170 Å². The molecule has 0 spiro atoms. The van der Waals surface area contributed by atoms with Crippen LogP contribution in [0.15, 0.2) is 72.9 Å². The molecule has 1 aliphatic heterocycles. The van der Waals surface area contributed by atoms with Crippen molar-refractivity contribution in [1.29, 1.82) is 5.26 Å². The molecule has 0 saturated carbocycles. The maximum absolute atomic E-state index is 9.84. The summed E-state index contributed by atoms with van der Waals surface area (Å²) in [6.07, 6.45) is 1.69. The van der Waals surface area contributed by atoms with Crippen molar-refractivity contribution in [3.8, 4) is 17.3 Å². The average Bonchev–Trinajstić information content (AvgIpc) is 2.77. The van der Waals surface area contributed by atoms with E-state index in [2.05, 4.69) is 64.6 Å². The average molecular weight is 376 g/mol. The van der Waals surface area contributed by atoms with Crippen LogP contribution in [0.1, 0.15) is 28.2 Å². The Morgan fingerprint density at radius 2 is 1.79 bits per heavy atom. The Balaban J connectivity index is 1.65. The Bertz CT molecular complexity index is 1240. The molecule has 0 N–H and O–H groups in total. The summed E-state index contributed by atoms with van der Waals surface area (Å²) in [5.74, 6) is 0.166. The normalized spacial score (nSPS) is 16.3. The lowest BCUT2D eigenvalue weighted by Gasteiger charge is -2.33. The molecule has 0 fully saturated rings. The molecule has 0 amide bonds. The first-order valence-electron chi connectivity index (χ1n) is 9.75. The van der Waals surface area contributed by atoms with E-state index < -0.39 is 0 Å². The summed E-state index contributed by atoms with van der Waals surface area (Å²) in [5.41, 5.74) is 6.39. The lowest BCUT2D eigenvalue weighted by Crippen LogP contribution is -2.31. The molecule has 0 radical (unpaired) electrons. The number of fused-ring (bicyclic) bond motifs is 2. The Hall–Kier alpha value is -3.55. The lowest BCUT2D eigenvalue weighted by atomic mass is 9.81. The van der Waals surface area contributed by atoms with Gasteiger partial charge in [0.2, 0.25) is 0 Å². The van der Waals surface area contributed by atoms with Crippen molar-refractivity contribution in [2.45, 2.75) is 12.5 Å². The minimum absolute atomic E-state index is 0.166. The van der Waals surface area contributed by atoms with E-state index in [9.17, 15) is 5.26 Å². The number of nitrogens with zero attached hydrogens (tertiary/aromatic N) is 4. The number of likely N-dealkylation sites (N-methyl/N-ethyl adjacent to an activating group) is 1. The van der Waals surface area contributed by atoms with Gasteiger partial charge in [-0.15, -0.1) is 0 Å². The van der Waals surface area contributed by atoms with Crippen LogP contribution in [0.25, 0.3) is 22.0 Å². The van der Waals surface area contributed by atoms with Crippen LogP contribution in [0.4, 0.5) is 0 Å². The zero-order chi connectivity index (χ0) is 19.8. The van der Waals surface area contributed by atoms with E-state index in [1.807, 2.05) is 30.3 Å². The largest absolute Gasteiger partial charge is 0.301 e. The highest BCUT2D eigenvalue weighted by atomic mass is 15.1. The molecule has 1 aliphatic rings. The van der Waals surface area contributed by atoms with Gasteiger partial charge in [0, 0.05) is 30.8 Å². The molecule has 4 heteroatoms. The molecule has 140 valence electrons. The van der Waals surface area contributed by atoms with Gasteiger partial charge in [0.1, 0.15) is 0 Å². The number of nitriles is 1. The van der Waals surface area contributed by atoms with Gasteiger partial charge in [0.15, 0.2) is 0 Å². The fourth-order valence-corrected chi connectivity index (χ4v) is 4.37. The maximum atomic E-state index is 9.84. The summed E-state index contributed by atoms with van der Waals surface area (Å²) >= 11 is 0. The van der Waals surface area contributed by atoms with Crippen LogP contribution >= 0.6 is 0 Å². The van der Waals surface area contributed by atoms with Crippen molar-refractivity contribution in [2.75, 3.05) is 13.6 Å². The number of aromatic nitrogens is 2. The minimum atomic E-state index is 0.166. The highest BCUT2D eigenvalue weighted by molar-refractivity contribution is 5.85. The molecule has 0 bridgehead atoms. The van der Waals surface area contributed by atoms with E-state index in [1.165, 1.54) is 16.5 Å². The lowest BCUT2D eigenvalue weighted by molar-refractivity contribution is 0.295. The second-order valence-corrected chi connectivity index (χ2v) is 7.67. The molecule has 29 heavy (non-hydrogen) atoms. The fraction of sp³-hybridized carbons (Fsp3) is 0.160. The van der Waals surface area contributed by atoms with Crippen molar-refractivity contribution in [3.63, 3.8) is 0 Å². The van der Waals surface area contributed by atoms with Gasteiger partial charge in [0.25, 0.3) is 0 Å². The third-order valence-electron chi connectivity index (χ3n) is 5.73. The van der Waals surface area contributed by atoms with Gasteiger partial charge in [-0.05, 0) is 64.8 Å². The fourth-order valence-electron chi connectivity index (χ4n) is 4.37. The summed E-state index contributed by atoms with van der Waals surface area (Å²) in [5, 5.41) is 20.4. The Morgan fingerprint density at radius 1 is 0.966 bits per heavy atom. The number of hydrogen-bond donors (Lipinski definition) is 0. The molecule has 2 heterocycles. The first kappa shape index (κ1) is 17.5. The molecule has 0 saturated heterocycles. The molecule has 4 nitrogen and oxygen atoms in total. The van der Waals surface area contributed by atoms with Crippen LogP contribution in [-0.2, 0) is 6.54 Å². The van der Waals surface area contributed by atoms with Gasteiger partial charge in [-0.3, -0.25) is 0 Å². The van der Waals surface area contributed by atoms with Gasteiger partial charge in [-0.2, -0.15) is 15.5 Å². The second-order valence-electron chi connectivity index (χ2n) is 7.67. The van der Waals surface area contributed by atoms with Crippen LogP contribution in [0.2, 0.25) is 0 Å². The number of benzene rings is 3. The van der Waals surface area contributed by atoms with Gasteiger partial charge in [-0.25, -0.2) is 0 Å². The smallest absolute Gasteiger partial charge is 0.0994 e. The minimum Gasteiger partial charge on any atom is -0.301 e. The van der Waals surface area contributed by atoms with E-state index in [0.717, 1.165) is 40.9 Å². The zero-order valence-electron chi connectivity index (χ0n) is 16.2. The van der Waals surface area contributed by atoms with E-state index in [0.29, 0.717) is 0 Å². The first-order valence-corrected chi connectivity index (χ1v) is 9.75. The molecule has 0 aliphatic carbocycles. The second kappa shape index (κ2) is 7.12. The Kier molecular flexibility index (Phi) is 4.31. The Morgan fingerprint density at radius 3 is 2.55 bits per heavy atom. The highest BCUT2D eigenvalue weighted by Gasteiger charge is 2.27. The number of hydrogen-bond acceptors (Lipinski definition) is 4. The van der Waals surface area contributed by atoms with Crippen LogP contribution in [0.5, 0.6) is 0 Å². The summed E-state index contributed by atoms with van der Waals surface area (Å²) < 4.78 is 0. The molecular weight excluding hydrogens is 356 g/mol. The predicted octanol–water partition coefficient (Wildman–Crippen LogP) is 4.75. The molecule has 1 aromatic heterocycles. The van der Waals surface area contributed by atoms with Crippen LogP contribution in [0, 0.1) is 11.3 Å². The summed E-state index contributed by atoms with van der Waals surface area (Å²) in [7, 11) is 2.14. The monoisotopic (exact) mass is 376 g/mol. The first-order chi connectivity index (χ1) is 14.2. The van der Waals surface area contributed by atoms with E-state index in [-0.39, 0.29) is 5.92 Å². The highest BCUT2D eigenvalue weighted by Crippen LogP contribution is 2.37. The third kappa shape index (κ3) is 3.16. The van der Waals surface area contributed by atoms with Crippen LogP contribution < -0.4 is 0 Å². The number of rotatable bonds is 2. The van der Waals surface area contributed by atoms with Crippen molar-refractivity contribution in [1.82, 2.24) is 15.1 Å². The molecule has 5 rings (SSSR count). The van der Waals surface area contributed by atoms with Crippen molar-refractivity contribution >= 4 is 10.8 Å². The van der Waals surface area contributed by atoms with Gasteiger partial charge in [-0.1, -0.05) is 36.4 Å². The molecule has 1 unspecified atom stereocenters. The third-order valence-corrected chi connectivity index (χ3v) is 5.73. The van der Waals surface area contributed by atoms with E-state index >= 15 is 0 Å². The van der Waals surface area contributed by atoms with E-state index in [1.54, 1.807) is 6.20 Å². The molecule has 3 aromatic carbocycles. The molecular formula is C25H20N4. The van der Waals surface area contributed by atoms with Gasteiger partial charge < -0.3 is 4.90 Å². The van der Waals surface area contributed by atoms with Crippen LogP contribution in [0.3, 0.4) is 0 Å². The standard InChI is InChI=1S/C25H20N4/c1-29-15-21-12-19(25-7-4-10-27-28-25)8-9-22(21)24(16-29)23-13-18-6-3-2-5-17(18)11-20(23)14-26/h2-13,24H,15-16H2,1H3. The topological polar surface area (TPSA) is 52.8 Å². The summed E-state index contributed by atoms with van der Waals surface area (Å²) in [4.78, 5) is 2.32. The SMILES string of the molecule is CN1Cc2cc(-c3cccnn3)ccc2C(c2cc3ccccc3cc2C#N)C1.